The van der Waals surface area contributed by atoms with Gasteiger partial charge in [-0.25, -0.2) is 0 Å². The normalized spacial score (nSPS) is 23.7. The summed E-state index contributed by atoms with van der Waals surface area (Å²) >= 11 is 2.51. The van der Waals surface area contributed by atoms with E-state index in [9.17, 15) is 0 Å². The van der Waals surface area contributed by atoms with Crippen LogP contribution in [0.4, 0.5) is 0 Å². The van der Waals surface area contributed by atoms with Crippen LogP contribution in [-0.4, -0.2) is 9.49 Å². The van der Waals surface area contributed by atoms with E-state index >= 15 is 0 Å². The molecule has 0 amide bonds. The molecule has 0 radical (unpaired) electrons. The third kappa shape index (κ3) is 5.19. The lowest BCUT2D eigenvalue weighted by molar-refractivity contribution is 0.477. The Bertz CT molecular complexity index is 244. The minimum atomic E-state index is 0.686. The average molecular weight is 311 g/mol. The number of rotatable bonds is 10. The van der Waals surface area contributed by atoms with Crippen molar-refractivity contribution >= 4 is 11.8 Å². The molecule has 0 atom stereocenters. The van der Waals surface area contributed by atoms with E-state index in [0.717, 1.165) is 0 Å². The summed E-state index contributed by atoms with van der Waals surface area (Å²) in [5, 5.41) is 0. The summed E-state index contributed by atoms with van der Waals surface area (Å²) < 4.78 is 1.37. The highest BCUT2D eigenvalue weighted by Gasteiger charge is 2.44. The highest BCUT2D eigenvalue weighted by Crippen LogP contribution is 2.56. The summed E-state index contributed by atoms with van der Waals surface area (Å²) in [4.78, 5) is 0. The summed E-state index contributed by atoms with van der Waals surface area (Å²) in [5.41, 5.74) is 0. The van der Waals surface area contributed by atoms with Crippen LogP contribution < -0.4 is 0 Å². The first-order valence-electron chi connectivity index (χ1n) is 9.94. The Kier molecular flexibility index (Phi) is 7.46. The summed E-state index contributed by atoms with van der Waals surface area (Å²) in [7, 11) is 0. The van der Waals surface area contributed by atoms with Gasteiger partial charge in [-0.2, -0.15) is 0 Å². The maximum atomic E-state index is 2.51. The van der Waals surface area contributed by atoms with Crippen LogP contribution in [0.15, 0.2) is 0 Å². The first kappa shape index (κ1) is 17.7. The summed E-state index contributed by atoms with van der Waals surface area (Å²) in [6.45, 7) is 4.69. The molecule has 0 heterocycles. The highest BCUT2D eigenvalue weighted by atomic mass is 32.2. The van der Waals surface area contributed by atoms with E-state index in [1.54, 1.807) is 0 Å². The lowest BCUT2D eigenvalue weighted by Crippen LogP contribution is -2.31. The third-order valence-corrected chi connectivity index (χ3v) is 8.03. The van der Waals surface area contributed by atoms with Crippen molar-refractivity contribution in [2.24, 2.45) is 0 Å². The molecule has 0 saturated heterocycles. The standard InChI is InChI=1S/C20H38S/c1-3-5-7-13-19(15-9-10-16-19)21-20(14-8-6-4-2)17-11-12-18-20/h3-18H2,1-2H3. The van der Waals surface area contributed by atoms with Gasteiger partial charge in [-0.3, -0.25) is 0 Å². The molecule has 0 aromatic carbocycles. The maximum absolute atomic E-state index is 2.51. The second-order valence-corrected chi connectivity index (χ2v) is 9.73. The average Bonchev–Trinajstić information content (AvgIpc) is 3.11. The van der Waals surface area contributed by atoms with Crippen LogP contribution in [0.25, 0.3) is 0 Å². The van der Waals surface area contributed by atoms with Crippen molar-refractivity contribution in [1.29, 1.82) is 0 Å². The summed E-state index contributed by atoms with van der Waals surface area (Å²) in [6.07, 6.45) is 23.8. The number of unbranched alkanes of at least 4 members (excludes halogenated alkanes) is 4. The van der Waals surface area contributed by atoms with Crippen molar-refractivity contribution < 1.29 is 0 Å². The van der Waals surface area contributed by atoms with Crippen LogP contribution in [0.2, 0.25) is 0 Å². The fourth-order valence-electron chi connectivity index (χ4n) is 4.70. The lowest BCUT2D eigenvalue weighted by atomic mass is 9.97. The third-order valence-electron chi connectivity index (χ3n) is 5.93. The molecule has 0 bridgehead atoms. The Balaban J connectivity index is 1.94. The smallest absolute Gasteiger partial charge is 0.0165 e. The zero-order chi connectivity index (χ0) is 15.0. The van der Waals surface area contributed by atoms with Gasteiger partial charge in [-0.15, -0.1) is 11.8 Å². The minimum absolute atomic E-state index is 0.686. The predicted molar refractivity (Wildman–Crippen MR) is 98.3 cm³/mol. The van der Waals surface area contributed by atoms with Crippen LogP contribution in [0.3, 0.4) is 0 Å². The zero-order valence-electron chi connectivity index (χ0n) is 14.7. The van der Waals surface area contributed by atoms with Crippen molar-refractivity contribution in [2.45, 2.75) is 126 Å². The molecule has 2 rings (SSSR count). The predicted octanol–water partition coefficient (Wildman–Crippen LogP) is 7.51. The van der Waals surface area contributed by atoms with Gasteiger partial charge >= 0.3 is 0 Å². The zero-order valence-corrected chi connectivity index (χ0v) is 15.5. The molecule has 21 heavy (non-hydrogen) atoms. The van der Waals surface area contributed by atoms with Gasteiger partial charge in [0.25, 0.3) is 0 Å². The molecule has 2 aliphatic carbocycles. The van der Waals surface area contributed by atoms with Crippen LogP contribution in [0, 0.1) is 0 Å². The number of hydrogen-bond donors (Lipinski definition) is 0. The highest BCUT2D eigenvalue weighted by molar-refractivity contribution is 8.02. The Hall–Kier alpha value is 0.350. The molecule has 124 valence electrons. The lowest BCUT2D eigenvalue weighted by Gasteiger charge is -2.40. The monoisotopic (exact) mass is 310 g/mol. The van der Waals surface area contributed by atoms with Gasteiger partial charge in [0.2, 0.25) is 0 Å². The van der Waals surface area contributed by atoms with E-state index in [4.69, 9.17) is 0 Å². The van der Waals surface area contributed by atoms with Gasteiger partial charge in [0.15, 0.2) is 0 Å². The summed E-state index contributed by atoms with van der Waals surface area (Å²) in [6, 6.07) is 0. The number of hydrogen-bond acceptors (Lipinski definition) is 1. The van der Waals surface area contributed by atoms with Gasteiger partial charge in [-0.1, -0.05) is 78.1 Å². The van der Waals surface area contributed by atoms with Gasteiger partial charge < -0.3 is 0 Å². The molecule has 2 aliphatic rings. The molecule has 0 aromatic rings. The Morgan fingerprint density at radius 1 is 0.619 bits per heavy atom. The molecule has 0 spiro atoms. The van der Waals surface area contributed by atoms with Crippen molar-refractivity contribution in [1.82, 2.24) is 0 Å². The molecule has 2 saturated carbocycles. The van der Waals surface area contributed by atoms with E-state index in [0.29, 0.717) is 9.49 Å². The Morgan fingerprint density at radius 3 is 1.33 bits per heavy atom. The minimum Gasteiger partial charge on any atom is -0.148 e. The first-order valence-corrected chi connectivity index (χ1v) is 10.8. The van der Waals surface area contributed by atoms with Crippen LogP contribution in [0.1, 0.15) is 117 Å². The molecule has 0 nitrogen and oxygen atoms in total. The maximum Gasteiger partial charge on any atom is 0.0165 e. The van der Waals surface area contributed by atoms with Crippen molar-refractivity contribution in [2.75, 3.05) is 0 Å². The fourth-order valence-corrected chi connectivity index (χ4v) is 7.10. The SMILES string of the molecule is CCCCCC1(SC2(CCCCC)CCCC2)CCCC1. The second-order valence-electron chi connectivity index (χ2n) is 7.80. The molecule has 0 N–H and O–H groups in total. The van der Waals surface area contributed by atoms with Crippen molar-refractivity contribution in [3.8, 4) is 0 Å². The van der Waals surface area contributed by atoms with Gasteiger partial charge in [0.1, 0.15) is 0 Å². The fraction of sp³-hybridized carbons (Fsp3) is 1.00. The van der Waals surface area contributed by atoms with Crippen LogP contribution in [0.5, 0.6) is 0 Å². The van der Waals surface area contributed by atoms with Gasteiger partial charge in [0.05, 0.1) is 0 Å². The van der Waals surface area contributed by atoms with Crippen LogP contribution in [-0.2, 0) is 0 Å². The first-order chi connectivity index (χ1) is 10.2. The van der Waals surface area contributed by atoms with E-state index in [-0.39, 0.29) is 0 Å². The molecule has 0 aromatic heterocycles. The summed E-state index contributed by atoms with van der Waals surface area (Å²) in [5.74, 6) is 0. The number of thioether (sulfide) groups is 1. The van der Waals surface area contributed by atoms with Crippen LogP contribution >= 0.6 is 11.8 Å². The Labute approximate surface area is 138 Å². The van der Waals surface area contributed by atoms with E-state index < -0.39 is 0 Å². The van der Waals surface area contributed by atoms with Gasteiger partial charge in [-0.05, 0) is 38.5 Å². The molecule has 0 aliphatic heterocycles. The van der Waals surface area contributed by atoms with Crippen molar-refractivity contribution in [3.63, 3.8) is 0 Å². The molecule has 2 fully saturated rings. The Morgan fingerprint density at radius 2 is 1.00 bits per heavy atom. The quantitative estimate of drug-likeness (QED) is 0.376. The van der Waals surface area contributed by atoms with Crippen molar-refractivity contribution in [3.05, 3.63) is 0 Å². The van der Waals surface area contributed by atoms with E-state index in [2.05, 4.69) is 25.6 Å². The second kappa shape index (κ2) is 8.85. The molecule has 0 unspecified atom stereocenters. The van der Waals surface area contributed by atoms with E-state index in [1.165, 1.54) is 103 Å². The van der Waals surface area contributed by atoms with E-state index in [1.807, 2.05) is 0 Å². The van der Waals surface area contributed by atoms with Gasteiger partial charge in [0, 0.05) is 9.49 Å². The molecule has 1 heteroatoms. The largest absolute Gasteiger partial charge is 0.148 e. The molecular formula is C20H38S. The molecular weight excluding hydrogens is 272 g/mol. The topological polar surface area (TPSA) is 0 Å².